The van der Waals surface area contributed by atoms with Crippen LogP contribution in [-0.4, -0.2) is 42.5 Å². The molecule has 2 atom stereocenters. The summed E-state index contributed by atoms with van der Waals surface area (Å²) in [6.45, 7) is 1.77. The Morgan fingerprint density at radius 3 is 2.67 bits per heavy atom. The van der Waals surface area contributed by atoms with Crippen LogP contribution in [0, 0.1) is 21.8 Å². The molecule has 0 bridgehead atoms. The summed E-state index contributed by atoms with van der Waals surface area (Å²) in [5.41, 5.74) is 2.36. The zero-order valence-corrected chi connectivity index (χ0v) is 16.5. The van der Waals surface area contributed by atoms with Crippen LogP contribution in [0.4, 0.5) is 21.5 Å². The van der Waals surface area contributed by atoms with Gasteiger partial charge >= 0.3 is 0 Å². The van der Waals surface area contributed by atoms with Crippen LogP contribution in [0.3, 0.4) is 0 Å². The summed E-state index contributed by atoms with van der Waals surface area (Å²) in [6.07, 6.45) is 2.44. The molecule has 2 fully saturated rings. The Bertz CT molecular complexity index is 1010. The van der Waals surface area contributed by atoms with Gasteiger partial charge in [-0.3, -0.25) is 14.9 Å². The molecule has 0 aromatic heterocycles. The third-order valence-electron chi connectivity index (χ3n) is 6.36. The first-order valence-electron chi connectivity index (χ1n) is 10.3. The van der Waals surface area contributed by atoms with E-state index in [0.717, 1.165) is 24.1 Å². The first kappa shape index (κ1) is 18.8. The van der Waals surface area contributed by atoms with E-state index >= 15 is 0 Å². The highest BCUT2D eigenvalue weighted by atomic mass is 19.1. The van der Waals surface area contributed by atoms with Gasteiger partial charge in [-0.15, -0.1) is 0 Å². The van der Waals surface area contributed by atoms with Gasteiger partial charge in [-0.25, -0.2) is 4.39 Å². The summed E-state index contributed by atoms with van der Waals surface area (Å²) >= 11 is 0. The van der Waals surface area contributed by atoms with Crippen LogP contribution in [0.1, 0.15) is 18.4 Å². The van der Waals surface area contributed by atoms with Gasteiger partial charge in [0.15, 0.2) is 0 Å². The molecule has 156 valence electrons. The van der Waals surface area contributed by atoms with Gasteiger partial charge in [-0.05, 0) is 43.0 Å². The minimum atomic E-state index is -0.401. The monoisotopic (exact) mass is 410 g/mol. The van der Waals surface area contributed by atoms with Crippen molar-refractivity contribution in [1.82, 2.24) is 5.32 Å². The van der Waals surface area contributed by atoms with Gasteiger partial charge in [0.2, 0.25) is 5.91 Å². The number of carbonyl (C=O) groups is 1. The number of amides is 1. The van der Waals surface area contributed by atoms with E-state index in [1.54, 1.807) is 24.3 Å². The normalized spacial score (nSPS) is 22.8. The number of anilines is 2. The van der Waals surface area contributed by atoms with Gasteiger partial charge in [-0.1, -0.05) is 12.1 Å². The average molecular weight is 410 g/mol. The van der Waals surface area contributed by atoms with E-state index in [9.17, 15) is 19.3 Å². The van der Waals surface area contributed by atoms with Crippen molar-refractivity contribution in [3.05, 3.63) is 64.0 Å². The van der Waals surface area contributed by atoms with Crippen LogP contribution >= 0.6 is 0 Å². The Kier molecular flexibility index (Phi) is 4.56. The molecule has 1 saturated heterocycles. The van der Waals surface area contributed by atoms with E-state index in [1.165, 1.54) is 12.1 Å². The summed E-state index contributed by atoms with van der Waals surface area (Å²) in [4.78, 5) is 28.1. The van der Waals surface area contributed by atoms with Crippen molar-refractivity contribution in [2.75, 3.05) is 29.4 Å². The van der Waals surface area contributed by atoms with Crippen molar-refractivity contribution in [2.24, 2.45) is 5.92 Å². The highest BCUT2D eigenvalue weighted by Gasteiger charge is 2.43. The van der Waals surface area contributed by atoms with Crippen molar-refractivity contribution < 1.29 is 14.1 Å². The van der Waals surface area contributed by atoms with Crippen molar-refractivity contribution in [1.29, 1.82) is 0 Å². The number of hydrogen-bond donors (Lipinski definition) is 1. The lowest BCUT2D eigenvalue weighted by molar-refractivity contribution is -0.384. The second-order valence-electron chi connectivity index (χ2n) is 8.32. The molecule has 0 unspecified atom stereocenters. The number of piperazine rings is 1. The quantitative estimate of drug-likeness (QED) is 0.619. The molecule has 2 heterocycles. The Morgan fingerprint density at radius 2 is 1.93 bits per heavy atom. The molecule has 5 rings (SSSR count). The first-order valence-corrected chi connectivity index (χ1v) is 10.3. The average Bonchev–Trinajstić information content (AvgIpc) is 3.56. The van der Waals surface area contributed by atoms with Crippen LogP contribution in [-0.2, 0) is 11.2 Å². The molecule has 1 N–H and O–H groups in total. The SMILES string of the molecule is O=C(NC1CC1)[C@@H]1Cc2cc([N+](=O)[O-])ccc2N2CCN(c3ccccc3F)C[C@@H]12. The number of fused-ring (bicyclic) bond motifs is 3. The number of benzene rings is 2. The third kappa shape index (κ3) is 3.36. The number of nitrogens with one attached hydrogen (secondary N) is 1. The highest BCUT2D eigenvalue weighted by molar-refractivity contribution is 5.83. The lowest BCUT2D eigenvalue weighted by Gasteiger charge is -2.49. The Morgan fingerprint density at radius 1 is 1.13 bits per heavy atom. The number of para-hydroxylation sites is 1. The maximum atomic E-state index is 14.4. The molecule has 3 aliphatic rings. The van der Waals surface area contributed by atoms with Gasteiger partial charge in [-0.2, -0.15) is 0 Å². The molecule has 7 nitrogen and oxygen atoms in total. The van der Waals surface area contributed by atoms with Crippen LogP contribution in [0.15, 0.2) is 42.5 Å². The first-order chi connectivity index (χ1) is 14.5. The molecular formula is C22H23FN4O3. The topological polar surface area (TPSA) is 78.7 Å². The lowest BCUT2D eigenvalue weighted by atomic mass is 9.83. The molecule has 2 aromatic carbocycles. The zero-order valence-electron chi connectivity index (χ0n) is 16.5. The standard InChI is InChI=1S/C22H23FN4O3/c23-18-3-1-2-4-20(18)25-9-10-26-19-8-7-16(27(29)30)11-14(19)12-17(21(26)13-25)22(28)24-15-5-6-15/h1-4,7-8,11,15,17,21H,5-6,9-10,12-13H2,(H,24,28)/t17-,21+/m1/s1. The Labute approximate surface area is 173 Å². The van der Waals surface area contributed by atoms with Crippen LogP contribution in [0.2, 0.25) is 0 Å². The van der Waals surface area contributed by atoms with Crippen LogP contribution in [0.25, 0.3) is 0 Å². The fourth-order valence-electron chi connectivity index (χ4n) is 4.69. The van der Waals surface area contributed by atoms with Crippen molar-refractivity contribution in [3.63, 3.8) is 0 Å². The molecule has 0 spiro atoms. The fourth-order valence-corrected chi connectivity index (χ4v) is 4.69. The number of carbonyl (C=O) groups excluding carboxylic acids is 1. The van der Waals surface area contributed by atoms with Crippen molar-refractivity contribution in [2.45, 2.75) is 31.3 Å². The number of nitro benzene ring substituents is 1. The van der Waals surface area contributed by atoms with Gasteiger partial charge in [0, 0.05) is 43.5 Å². The van der Waals surface area contributed by atoms with Gasteiger partial charge < -0.3 is 15.1 Å². The summed E-state index contributed by atoms with van der Waals surface area (Å²) in [6, 6.07) is 11.7. The molecule has 30 heavy (non-hydrogen) atoms. The highest BCUT2D eigenvalue weighted by Crippen LogP contribution is 2.39. The summed E-state index contributed by atoms with van der Waals surface area (Å²) in [7, 11) is 0. The van der Waals surface area contributed by atoms with Gasteiger partial charge in [0.25, 0.3) is 5.69 Å². The lowest BCUT2D eigenvalue weighted by Crippen LogP contribution is -2.61. The van der Waals surface area contributed by atoms with E-state index in [0.29, 0.717) is 31.7 Å². The summed E-state index contributed by atoms with van der Waals surface area (Å²) < 4.78 is 14.4. The molecule has 8 heteroatoms. The summed E-state index contributed by atoms with van der Waals surface area (Å²) in [5.74, 6) is -0.619. The number of rotatable bonds is 4. The van der Waals surface area contributed by atoms with Gasteiger partial charge in [0.05, 0.1) is 22.6 Å². The molecule has 2 aromatic rings. The minimum absolute atomic E-state index is 0.0139. The third-order valence-corrected chi connectivity index (χ3v) is 6.36. The van der Waals surface area contributed by atoms with E-state index in [1.807, 2.05) is 11.0 Å². The van der Waals surface area contributed by atoms with E-state index < -0.39 is 4.92 Å². The zero-order chi connectivity index (χ0) is 20.8. The predicted molar refractivity (Wildman–Crippen MR) is 111 cm³/mol. The number of nitrogens with zero attached hydrogens (tertiary/aromatic N) is 3. The molecule has 2 aliphatic heterocycles. The molecule has 1 aliphatic carbocycles. The maximum absolute atomic E-state index is 14.4. The molecule has 1 amide bonds. The minimum Gasteiger partial charge on any atom is -0.365 e. The largest absolute Gasteiger partial charge is 0.365 e. The Hall–Kier alpha value is -3.16. The van der Waals surface area contributed by atoms with E-state index in [-0.39, 0.29) is 35.4 Å². The maximum Gasteiger partial charge on any atom is 0.269 e. The summed E-state index contributed by atoms with van der Waals surface area (Å²) in [5, 5.41) is 14.3. The van der Waals surface area contributed by atoms with Crippen LogP contribution in [0.5, 0.6) is 0 Å². The number of hydrogen-bond acceptors (Lipinski definition) is 5. The number of non-ortho nitro benzene ring substituents is 1. The number of nitro groups is 1. The van der Waals surface area contributed by atoms with Crippen molar-refractivity contribution in [3.8, 4) is 0 Å². The Balaban J connectivity index is 1.49. The smallest absolute Gasteiger partial charge is 0.269 e. The number of halogens is 1. The van der Waals surface area contributed by atoms with Crippen molar-refractivity contribution >= 4 is 23.0 Å². The van der Waals surface area contributed by atoms with E-state index in [4.69, 9.17) is 0 Å². The second-order valence-corrected chi connectivity index (χ2v) is 8.32. The predicted octanol–water partition coefficient (Wildman–Crippen LogP) is 2.88. The second kappa shape index (κ2) is 7.27. The molecule has 1 saturated carbocycles. The molecule has 0 radical (unpaired) electrons. The molecular weight excluding hydrogens is 387 g/mol. The van der Waals surface area contributed by atoms with E-state index in [2.05, 4.69) is 10.2 Å². The van der Waals surface area contributed by atoms with Gasteiger partial charge in [0.1, 0.15) is 5.82 Å². The van der Waals surface area contributed by atoms with Crippen LogP contribution < -0.4 is 15.1 Å². The fraction of sp³-hybridized carbons (Fsp3) is 0.409.